The number of ether oxygens (including phenoxy) is 1. The highest BCUT2D eigenvalue weighted by Gasteiger charge is 2.38. The van der Waals surface area contributed by atoms with Gasteiger partial charge in [-0.2, -0.15) is 11.8 Å². The Morgan fingerprint density at radius 1 is 1.40 bits per heavy atom. The monoisotopic (exact) mass is 374 g/mol. The molecule has 1 saturated carbocycles. The van der Waals surface area contributed by atoms with Crippen LogP contribution in [0.2, 0.25) is 0 Å². The summed E-state index contributed by atoms with van der Waals surface area (Å²) in [6, 6.07) is -2.04. The minimum atomic E-state index is -1.19. The quantitative estimate of drug-likeness (QED) is 0.549. The molecule has 25 heavy (non-hydrogen) atoms. The number of nitrogens with one attached hydrogen (secondary N) is 1. The lowest BCUT2D eigenvalue weighted by atomic mass is 9.72. The van der Waals surface area contributed by atoms with Crippen LogP contribution < -0.4 is 11.1 Å². The molecule has 0 aliphatic heterocycles. The second-order valence-electron chi connectivity index (χ2n) is 7.40. The topological polar surface area (TPSA) is 119 Å². The Morgan fingerprint density at radius 2 is 2.04 bits per heavy atom. The molecule has 0 aromatic carbocycles. The molecule has 1 amide bonds. The van der Waals surface area contributed by atoms with Crippen molar-refractivity contribution in [2.75, 3.05) is 12.9 Å². The molecule has 8 heteroatoms. The number of amides is 1. The Morgan fingerprint density at radius 3 is 2.56 bits per heavy atom. The average Bonchev–Trinajstić information content (AvgIpc) is 2.50. The Balaban J connectivity index is 2.71. The highest BCUT2D eigenvalue weighted by atomic mass is 32.2. The number of hydrogen-bond donors (Lipinski definition) is 3. The van der Waals surface area contributed by atoms with Crippen LogP contribution in [-0.2, 0) is 19.1 Å². The van der Waals surface area contributed by atoms with Gasteiger partial charge in [0.15, 0.2) is 0 Å². The minimum Gasteiger partial charge on any atom is -0.481 e. The second-order valence-corrected chi connectivity index (χ2v) is 8.58. The number of carbonyl (C=O) groups is 3. The van der Waals surface area contributed by atoms with E-state index in [-0.39, 0.29) is 5.41 Å². The van der Waals surface area contributed by atoms with Crippen molar-refractivity contribution in [1.82, 2.24) is 5.32 Å². The first-order chi connectivity index (χ1) is 11.6. The summed E-state index contributed by atoms with van der Waals surface area (Å²) in [5.74, 6) is -1.48. The molecule has 0 aromatic rings. The van der Waals surface area contributed by atoms with Crippen molar-refractivity contribution in [3.8, 4) is 0 Å². The van der Waals surface area contributed by atoms with Gasteiger partial charge in [0.25, 0.3) is 0 Å². The van der Waals surface area contributed by atoms with Gasteiger partial charge in [0.1, 0.15) is 6.04 Å². The SMILES string of the molecule is COC(=O)[C@H](CSC1C(C)CCCC1(C)C)NC(=O)[C@@H](N)CC(=O)O. The fraction of sp³-hybridized carbons (Fsp3) is 0.824. The molecule has 0 aromatic heterocycles. The Hall–Kier alpha value is -1.28. The molecule has 0 heterocycles. The number of esters is 1. The summed E-state index contributed by atoms with van der Waals surface area (Å²) >= 11 is 1.66. The maximum Gasteiger partial charge on any atom is 0.329 e. The van der Waals surface area contributed by atoms with E-state index in [1.54, 1.807) is 11.8 Å². The van der Waals surface area contributed by atoms with Gasteiger partial charge >= 0.3 is 11.9 Å². The van der Waals surface area contributed by atoms with Gasteiger partial charge in [-0.05, 0) is 24.2 Å². The molecule has 4 N–H and O–H groups in total. The Labute approximate surface area is 153 Å². The van der Waals surface area contributed by atoms with Crippen LogP contribution in [0.3, 0.4) is 0 Å². The summed E-state index contributed by atoms with van der Waals surface area (Å²) in [6.45, 7) is 6.68. The number of methoxy groups -OCH3 is 1. The lowest BCUT2D eigenvalue weighted by Crippen LogP contribution is -2.51. The number of aliphatic carboxylic acids is 1. The molecule has 7 nitrogen and oxygen atoms in total. The number of rotatable bonds is 8. The zero-order chi connectivity index (χ0) is 19.2. The van der Waals surface area contributed by atoms with Crippen LogP contribution in [-0.4, -0.2) is 53.1 Å². The first-order valence-electron chi connectivity index (χ1n) is 8.55. The summed E-state index contributed by atoms with van der Waals surface area (Å²) in [5.41, 5.74) is 5.72. The number of nitrogens with two attached hydrogens (primary N) is 1. The van der Waals surface area contributed by atoms with Gasteiger partial charge in [-0.3, -0.25) is 9.59 Å². The molecule has 0 bridgehead atoms. The lowest BCUT2D eigenvalue weighted by molar-refractivity contribution is -0.144. The summed E-state index contributed by atoms with van der Waals surface area (Å²) < 4.78 is 4.77. The summed E-state index contributed by atoms with van der Waals surface area (Å²) in [4.78, 5) is 34.7. The molecular formula is C17H30N2O5S. The summed E-state index contributed by atoms with van der Waals surface area (Å²) in [5, 5.41) is 11.6. The highest BCUT2D eigenvalue weighted by Crippen LogP contribution is 2.45. The summed E-state index contributed by atoms with van der Waals surface area (Å²) in [6.07, 6.45) is 3.00. The third-order valence-electron chi connectivity index (χ3n) is 4.74. The van der Waals surface area contributed by atoms with Crippen LogP contribution in [0.1, 0.15) is 46.5 Å². The van der Waals surface area contributed by atoms with Crippen molar-refractivity contribution in [2.45, 2.75) is 63.8 Å². The number of carboxylic acids is 1. The molecule has 1 aliphatic carbocycles. The minimum absolute atomic E-state index is 0.159. The van der Waals surface area contributed by atoms with Gasteiger partial charge in [0.05, 0.1) is 19.6 Å². The van der Waals surface area contributed by atoms with E-state index in [0.717, 1.165) is 12.8 Å². The van der Waals surface area contributed by atoms with E-state index in [9.17, 15) is 14.4 Å². The molecule has 1 rings (SSSR count). The second kappa shape index (κ2) is 9.43. The normalized spacial score (nSPS) is 24.8. The summed E-state index contributed by atoms with van der Waals surface area (Å²) in [7, 11) is 1.26. The van der Waals surface area contributed by atoms with E-state index in [2.05, 4.69) is 26.1 Å². The van der Waals surface area contributed by atoms with Gasteiger partial charge < -0.3 is 20.9 Å². The average molecular weight is 375 g/mol. The smallest absolute Gasteiger partial charge is 0.329 e. The van der Waals surface area contributed by atoms with Crippen LogP contribution >= 0.6 is 11.8 Å². The third-order valence-corrected chi connectivity index (χ3v) is 6.73. The Bertz CT molecular complexity index is 497. The van der Waals surface area contributed by atoms with Crippen molar-refractivity contribution < 1.29 is 24.2 Å². The predicted octanol–water partition coefficient (Wildman–Crippen LogP) is 1.39. The van der Waals surface area contributed by atoms with Gasteiger partial charge in [-0.25, -0.2) is 4.79 Å². The molecule has 1 fully saturated rings. The van der Waals surface area contributed by atoms with E-state index in [1.165, 1.54) is 13.5 Å². The molecule has 4 atom stereocenters. The zero-order valence-electron chi connectivity index (χ0n) is 15.4. The van der Waals surface area contributed by atoms with Crippen LogP contribution in [0.15, 0.2) is 0 Å². The van der Waals surface area contributed by atoms with Crippen molar-refractivity contribution in [1.29, 1.82) is 0 Å². The first-order valence-corrected chi connectivity index (χ1v) is 9.60. The molecule has 0 saturated heterocycles. The largest absolute Gasteiger partial charge is 0.481 e. The van der Waals surface area contributed by atoms with E-state index >= 15 is 0 Å². The fourth-order valence-electron chi connectivity index (χ4n) is 3.40. The van der Waals surface area contributed by atoms with Gasteiger partial charge in [0.2, 0.25) is 5.91 Å². The van der Waals surface area contributed by atoms with E-state index in [1.807, 2.05) is 0 Å². The highest BCUT2D eigenvalue weighted by molar-refractivity contribution is 8.00. The molecule has 144 valence electrons. The van der Waals surface area contributed by atoms with Gasteiger partial charge in [0, 0.05) is 11.0 Å². The maximum atomic E-state index is 12.0. The molecule has 0 radical (unpaired) electrons. The van der Waals surface area contributed by atoms with Crippen LogP contribution in [0.4, 0.5) is 0 Å². The van der Waals surface area contributed by atoms with Crippen molar-refractivity contribution in [3.63, 3.8) is 0 Å². The molecule has 0 spiro atoms. The van der Waals surface area contributed by atoms with E-state index in [0.29, 0.717) is 16.9 Å². The molecule has 2 unspecified atom stereocenters. The number of carboxylic acid groups (broad SMARTS) is 1. The van der Waals surface area contributed by atoms with Crippen molar-refractivity contribution in [3.05, 3.63) is 0 Å². The number of carbonyl (C=O) groups excluding carboxylic acids is 2. The van der Waals surface area contributed by atoms with E-state index in [4.69, 9.17) is 15.6 Å². The molecular weight excluding hydrogens is 344 g/mol. The van der Waals surface area contributed by atoms with Crippen molar-refractivity contribution in [2.24, 2.45) is 17.1 Å². The number of thioether (sulfide) groups is 1. The third kappa shape index (κ3) is 6.51. The zero-order valence-corrected chi connectivity index (χ0v) is 16.2. The lowest BCUT2D eigenvalue weighted by Gasteiger charge is -2.42. The Kier molecular flexibility index (Phi) is 8.21. The maximum absolute atomic E-state index is 12.0. The predicted molar refractivity (Wildman–Crippen MR) is 97.2 cm³/mol. The van der Waals surface area contributed by atoms with E-state index < -0.39 is 36.4 Å². The fourth-order valence-corrected chi connectivity index (χ4v) is 5.06. The standard InChI is InChI=1S/C17H30N2O5S/c1-10-6-5-7-17(2,3)14(10)25-9-12(16(23)24-4)19-15(22)11(18)8-13(20)21/h10-12,14H,5-9,18H2,1-4H3,(H,19,22)(H,20,21)/t10?,11-,12-,14?/m0/s1. The van der Waals surface area contributed by atoms with Crippen molar-refractivity contribution >= 4 is 29.6 Å². The first kappa shape index (κ1) is 21.8. The van der Waals surface area contributed by atoms with Crippen LogP contribution in [0.5, 0.6) is 0 Å². The van der Waals surface area contributed by atoms with Gasteiger partial charge in [-0.1, -0.05) is 27.2 Å². The van der Waals surface area contributed by atoms with Gasteiger partial charge in [-0.15, -0.1) is 0 Å². The number of hydrogen-bond acceptors (Lipinski definition) is 6. The van der Waals surface area contributed by atoms with Crippen LogP contribution in [0.25, 0.3) is 0 Å². The molecule has 1 aliphatic rings. The van der Waals surface area contributed by atoms with Crippen LogP contribution in [0, 0.1) is 11.3 Å².